The number of hydrogen-bond donors (Lipinski definition) is 4. The molecule has 2 heterocycles. The third kappa shape index (κ3) is 8.52. The van der Waals surface area contributed by atoms with Gasteiger partial charge >= 0.3 is 5.97 Å². The number of halogens is 1. The van der Waals surface area contributed by atoms with E-state index in [-0.39, 0.29) is 41.6 Å². The molecule has 0 unspecified atom stereocenters. The first-order valence-corrected chi connectivity index (χ1v) is 16.9. The Morgan fingerprint density at radius 2 is 1.53 bits per heavy atom. The number of nitrogens with zero attached hydrogens (tertiary/aromatic N) is 2. The fraction of sp³-hybridized carbons (Fsp3) is 0.556. The number of rotatable bonds is 11. The maximum Gasteiger partial charge on any atom is 0.335 e. The van der Waals surface area contributed by atoms with E-state index < -0.39 is 23.7 Å². The van der Waals surface area contributed by atoms with E-state index in [1.54, 1.807) is 24.3 Å². The molecule has 1 aliphatic carbocycles. The molecule has 3 aliphatic rings. The zero-order valence-electron chi connectivity index (χ0n) is 27.3. The maximum atomic E-state index is 13.9. The molecule has 0 radical (unpaired) electrons. The molecule has 0 bridgehead atoms. The summed E-state index contributed by atoms with van der Waals surface area (Å²) in [6.07, 6.45) is 8.16. The highest BCUT2D eigenvalue weighted by atomic mass is 35.5. The Kier molecular flexibility index (Phi) is 12.8. The van der Waals surface area contributed by atoms with Gasteiger partial charge in [-0.05, 0) is 73.4 Å². The first-order chi connectivity index (χ1) is 22.2. The summed E-state index contributed by atoms with van der Waals surface area (Å²) in [4.78, 5) is 55.6. The second kappa shape index (κ2) is 16.6. The summed E-state index contributed by atoms with van der Waals surface area (Å²) in [6.45, 7) is 4.87. The van der Waals surface area contributed by atoms with E-state index in [0.717, 1.165) is 62.5 Å². The van der Waals surface area contributed by atoms with Crippen LogP contribution in [0, 0.1) is 5.92 Å². The number of unbranched alkanes of at least 4 members (excludes halogenated alkanes) is 1. The molecule has 1 spiro atoms. The Bertz CT molecular complexity index is 1370. The number of piperidine rings is 1. The van der Waals surface area contributed by atoms with Crippen LogP contribution in [0.1, 0.15) is 103 Å². The molecule has 2 saturated heterocycles. The number of piperazine rings is 1. The molecule has 0 aromatic heterocycles. The Hall–Kier alpha value is -3.47. The molecule has 10 nitrogen and oxygen atoms in total. The molecular weight excluding hydrogens is 620 g/mol. The van der Waals surface area contributed by atoms with E-state index in [9.17, 15) is 24.3 Å². The number of carboxylic acids is 1. The van der Waals surface area contributed by atoms with Crippen molar-refractivity contribution in [2.75, 3.05) is 19.6 Å². The van der Waals surface area contributed by atoms with Crippen LogP contribution in [0.3, 0.4) is 0 Å². The fourth-order valence-electron chi connectivity index (χ4n) is 7.28. The largest absolute Gasteiger partial charge is 0.478 e. The van der Waals surface area contributed by atoms with E-state index in [2.05, 4.69) is 22.5 Å². The molecule has 256 valence electrons. The van der Waals surface area contributed by atoms with Crippen LogP contribution < -0.4 is 10.6 Å². The molecular formula is C36H49ClN4O6. The highest BCUT2D eigenvalue weighted by molar-refractivity contribution is 6.00. The standard InChI is InChI=1S/C36H48N4O6.ClH/c1-2-3-20-40-33(43)30(31(41)27-8-6-4-5-7-9-27)38-35(46)36(40)18-21-39(22-19-36)24-26-12-14-28(15-13-26)32(42)37-23-25-10-16-29(17-11-25)34(44)45;/h10-17,27,30-31,41H,2-9,18-24H2,1H3,(H,37,42)(H,38,46)(H,44,45);1H/t30-,31-;/m1./s1. The molecule has 11 heteroatoms. The number of hydrogen-bond acceptors (Lipinski definition) is 6. The smallest absolute Gasteiger partial charge is 0.335 e. The number of carboxylic acid groups (broad SMARTS) is 1. The van der Waals surface area contributed by atoms with E-state index in [1.165, 1.54) is 12.1 Å². The second-order valence-electron chi connectivity index (χ2n) is 13.2. The van der Waals surface area contributed by atoms with Crippen LogP contribution in [0.5, 0.6) is 0 Å². The number of nitrogens with one attached hydrogen (secondary N) is 2. The summed E-state index contributed by atoms with van der Waals surface area (Å²) in [5.41, 5.74) is 1.71. The zero-order valence-corrected chi connectivity index (χ0v) is 28.1. The van der Waals surface area contributed by atoms with Crippen molar-refractivity contribution < 1.29 is 29.4 Å². The highest BCUT2D eigenvalue weighted by Gasteiger charge is 2.55. The predicted octanol–water partition coefficient (Wildman–Crippen LogP) is 4.53. The van der Waals surface area contributed by atoms with Crippen LogP contribution >= 0.6 is 12.4 Å². The van der Waals surface area contributed by atoms with Gasteiger partial charge in [-0.1, -0.05) is 63.3 Å². The van der Waals surface area contributed by atoms with Gasteiger partial charge < -0.3 is 25.7 Å². The second-order valence-corrected chi connectivity index (χ2v) is 13.2. The van der Waals surface area contributed by atoms with Crippen molar-refractivity contribution in [1.82, 2.24) is 20.4 Å². The molecule has 1 saturated carbocycles. The van der Waals surface area contributed by atoms with Crippen LogP contribution in [0.25, 0.3) is 0 Å². The minimum absolute atomic E-state index is 0. The zero-order chi connectivity index (χ0) is 32.7. The number of benzene rings is 2. The van der Waals surface area contributed by atoms with Gasteiger partial charge in [0.15, 0.2) is 0 Å². The summed E-state index contributed by atoms with van der Waals surface area (Å²) >= 11 is 0. The minimum Gasteiger partial charge on any atom is -0.478 e. The predicted molar refractivity (Wildman–Crippen MR) is 181 cm³/mol. The van der Waals surface area contributed by atoms with Crippen LogP contribution in [-0.4, -0.2) is 81.0 Å². The first-order valence-electron chi connectivity index (χ1n) is 16.9. The van der Waals surface area contributed by atoms with Gasteiger partial charge in [-0.25, -0.2) is 4.79 Å². The Morgan fingerprint density at radius 1 is 0.936 bits per heavy atom. The van der Waals surface area contributed by atoms with Crippen molar-refractivity contribution in [2.45, 2.75) is 102 Å². The van der Waals surface area contributed by atoms with Gasteiger partial charge in [-0.3, -0.25) is 19.3 Å². The summed E-state index contributed by atoms with van der Waals surface area (Å²) in [6, 6.07) is 13.0. The van der Waals surface area contributed by atoms with Crippen LogP contribution in [-0.2, 0) is 22.7 Å². The average molecular weight is 669 g/mol. The quantitative estimate of drug-likeness (QED) is 0.258. The van der Waals surface area contributed by atoms with E-state index in [0.29, 0.717) is 51.1 Å². The molecule has 3 amide bonds. The van der Waals surface area contributed by atoms with E-state index >= 15 is 0 Å². The van der Waals surface area contributed by atoms with Crippen molar-refractivity contribution in [2.24, 2.45) is 5.92 Å². The molecule has 5 rings (SSSR count). The van der Waals surface area contributed by atoms with Crippen molar-refractivity contribution in [1.29, 1.82) is 0 Å². The topological polar surface area (TPSA) is 139 Å². The lowest BCUT2D eigenvalue weighted by Crippen LogP contribution is -2.75. The number of likely N-dealkylation sites (tertiary alicyclic amines) is 1. The lowest BCUT2D eigenvalue weighted by Gasteiger charge is -2.52. The van der Waals surface area contributed by atoms with Gasteiger partial charge in [0.05, 0.1) is 11.7 Å². The van der Waals surface area contributed by atoms with Gasteiger partial charge in [-0.15, -0.1) is 12.4 Å². The van der Waals surface area contributed by atoms with E-state index in [4.69, 9.17) is 5.11 Å². The third-order valence-electron chi connectivity index (χ3n) is 10.2. The number of carbonyl (C=O) groups excluding carboxylic acids is 3. The molecule has 3 fully saturated rings. The van der Waals surface area contributed by atoms with Crippen molar-refractivity contribution >= 4 is 36.1 Å². The molecule has 2 aromatic carbocycles. The minimum atomic E-state index is -0.988. The normalized spacial score (nSPS) is 21.0. The molecule has 2 atom stereocenters. The fourth-order valence-corrected chi connectivity index (χ4v) is 7.28. The van der Waals surface area contributed by atoms with Crippen molar-refractivity contribution in [3.05, 3.63) is 70.8 Å². The number of amides is 3. The van der Waals surface area contributed by atoms with E-state index in [1.807, 2.05) is 17.0 Å². The van der Waals surface area contributed by atoms with Crippen molar-refractivity contribution in [3.8, 4) is 0 Å². The molecule has 4 N–H and O–H groups in total. The van der Waals surface area contributed by atoms with Gasteiger partial charge in [0.1, 0.15) is 11.6 Å². The lowest BCUT2D eigenvalue weighted by atomic mass is 9.79. The summed E-state index contributed by atoms with van der Waals surface area (Å²) in [5, 5.41) is 26.2. The summed E-state index contributed by atoms with van der Waals surface area (Å²) in [5.74, 6) is -1.43. The average Bonchev–Trinajstić information content (AvgIpc) is 3.36. The summed E-state index contributed by atoms with van der Waals surface area (Å²) in [7, 11) is 0. The van der Waals surface area contributed by atoms with Gasteiger partial charge in [0, 0.05) is 38.3 Å². The number of aliphatic hydroxyl groups is 1. The summed E-state index contributed by atoms with van der Waals surface area (Å²) < 4.78 is 0. The van der Waals surface area contributed by atoms with Gasteiger partial charge in [0.25, 0.3) is 5.91 Å². The van der Waals surface area contributed by atoms with Crippen molar-refractivity contribution in [3.63, 3.8) is 0 Å². The highest BCUT2D eigenvalue weighted by Crippen LogP contribution is 2.36. The van der Waals surface area contributed by atoms with Gasteiger partial charge in [0.2, 0.25) is 11.8 Å². The molecule has 47 heavy (non-hydrogen) atoms. The molecule has 2 aromatic rings. The van der Waals surface area contributed by atoms with Gasteiger partial charge in [-0.2, -0.15) is 0 Å². The Labute approximate surface area is 283 Å². The first kappa shape index (κ1) is 36.4. The number of aliphatic hydroxyl groups excluding tert-OH is 1. The number of aromatic carboxylic acids is 1. The third-order valence-corrected chi connectivity index (χ3v) is 10.2. The Balaban J connectivity index is 0.00000500. The monoisotopic (exact) mass is 668 g/mol. The maximum absolute atomic E-state index is 13.9. The molecule has 2 aliphatic heterocycles. The SMILES string of the molecule is CCCCN1C(=O)[C@@H]([C@H](O)C2CCCCCC2)NC(=O)C12CCN(Cc1ccc(C(=O)NCc3ccc(C(=O)O)cc3)cc1)CC2.Cl. The van der Waals surface area contributed by atoms with Crippen LogP contribution in [0.15, 0.2) is 48.5 Å². The van der Waals surface area contributed by atoms with Crippen LogP contribution in [0.2, 0.25) is 0 Å². The Morgan fingerprint density at radius 3 is 2.13 bits per heavy atom. The van der Waals surface area contributed by atoms with Crippen LogP contribution in [0.4, 0.5) is 0 Å². The lowest BCUT2D eigenvalue weighted by molar-refractivity contribution is -0.165. The number of carbonyl (C=O) groups is 4.